The largest absolute Gasteiger partial charge is 0.491 e. The van der Waals surface area contributed by atoms with E-state index in [0.717, 1.165) is 11.4 Å². The number of aromatic amines is 1. The highest BCUT2D eigenvalue weighted by molar-refractivity contribution is 7.71. The summed E-state index contributed by atoms with van der Waals surface area (Å²) in [5.41, 5.74) is 0.832. The van der Waals surface area contributed by atoms with Crippen molar-refractivity contribution in [3.05, 3.63) is 29.0 Å². The van der Waals surface area contributed by atoms with Gasteiger partial charge in [-0.2, -0.15) is 5.21 Å². The lowest BCUT2D eigenvalue weighted by atomic mass is 10.3. The predicted molar refractivity (Wildman–Crippen MR) is 69.9 cm³/mol. The number of benzene rings is 1. The number of hydrogen-bond acceptors (Lipinski definition) is 6. The number of H-pyrrole nitrogens is 1. The van der Waals surface area contributed by atoms with Crippen molar-refractivity contribution in [3.8, 4) is 11.4 Å². The van der Waals surface area contributed by atoms with Crippen LogP contribution in [-0.4, -0.2) is 51.7 Å². The van der Waals surface area contributed by atoms with Gasteiger partial charge in [-0.1, -0.05) is 10.3 Å². The molecule has 0 spiro atoms. The van der Waals surface area contributed by atoms with Crippen LogP contribution in [0.15, 0.2) is 24.3 Å². The third-order valence-corrected chi connectivity index (χ3v) is 2.56. The minimum Gasteiger partial charge on any atom is -0.491 e. The van der Waals surface area contributed by atoms with Crippen molar-refractivity contribution in [2.24, 2.45) is 0 Å². The van der Waals surface area contributed by atoms with Gasteiger partial charge in [0.25, 0.3) is 0 Å². The molecule has 0 bridgehead atoms. The van der Waals surface area contributed by atoms with E-state index in [-0.39, 0.29) is 6.61 Å². The molecule has 2 aromatic rings. The average molecular weight is 282 g/mol. The first-order valence-corrected chi connectivity index (χ1v) is 6.14. The molecule has 8 heteroatoms. The summed E-state index contributed by atoms with van der Waals surface area (Å²) in [6.45, 7) is 1.23. The summed E-state index contributed by atoms with van der Waals surface area (Å²) in [6, 6.07) is 7.34. The van der Waals surface area contributed by atoms with Gasteiger partial charge in [-0.15, -0.1) is 0 Å². The van der Waals surface area contributed by atoms with Crippen molar-refractivity contribution >= 4 is 12.2 Å². The molecule has 2 rings (SSSR count). The second-order valence-corrected chi connectivity index (χ2v) is 3.96. The highest BCUT2D eigenvalue weighted by atomic mass is 32.1. The van der Waals surface area contributed by atoms with E-state index in [4.69, 9.17) is 26.8 Å². The summed E-state index contributed by atoms with van der Waals surface area (Å²) in [7, 11) is 0. The van der Waals surface area contributed by atoms with E-state index in [9.17, 15) is 0 Å². The summed E-state index contributed by atoms with van der Waals surface area (Å²) in [6.07, 6.45) is 0. The van der Waals surface area contributed by atoms with Crippen LogP contribution >= 0.6 is 12.2 Å². The molecule has 0 aliphatic heterocycles. The van der Waals surface area contributed by atoms with Crippen LogP contribution in [0.2, 0.25) is 0 Å². The summed E-state index contributed by atoms with van der Waals surface area (Å²) < 4.78 is 12.5. The van der Waals surface area contributed by atoms with Gasteiger partial charge in [-0.25, -0.2) is 4.68 Å². The van der Waals surface area contributed by atoms with Crippen LogP contribution in [-0.2, 0) is 4.74 Å². The molecule has 1 aromatic heterocycles. The van der Waals surface area contributed by atoms with Crippen LogP contribution in [0.4, 0.5) is 0 Å². The van der Waals surface area contributed by atoms with Gasteiger partial charge in [-0.3, -0.25) is 0 Å². The quantitative estimate of drug-likeness (QED) is 0.575. The molecular formula is C11H14N4O3S. The normalized spacial score (nSPS) is 10.6. The van der Waals surface area contributed by atoms with E-state index in [2.05, 4.69) is 15.5 Å². The van der Waals surface area contributed by atoms with Gasteiger partial charge in [0.1, 0.15) is 12.4 Å². The average Bonchev–Trinajstić information content (AvgIpc) is 2.86. The van der Waals surface area contributed by atoms with Crippen molar-refractivity contribution in [1.29, 1.82) is 0 Å². The highest BCUT2D eigenvalue weighted by Crippen LogP contribution is 2.14. The lowest BCUT2D eigenvalue weighted by Gasteiger charge is -2.07. The van der Waals surface area contributed by atoms with E-state index in [1.54, 1.807) is 4.68 Å². The molecule has 0 saturated heterocycles. The Hall–Kier alpha value is -1.77. The fourth-order valence-corrected chi connectivity index (χ4v) is 1.63. The summed E-state index contributed by atoms with van der Waals surface area (Å²) in [5, 5.41) is 18.5. The van der Waals surface area contributed by atoms with Gasteiger partial charge in [0, 0.05) is 0 Å². The molecule has 2 N–H and O–H groups in total. The molecule has 0 amide bonds. The van der Waals surface area contributed by atoms with Crippen LogP contribution in [0.1, 0.15) is 0 Å². The Kier molecular flexibility index (Phi) is 5.01. The number of tetrazole rings is 1. The molecule has 1 heterocycles. The van der Waals surface area contributed by atoms with E-state index in [1.807, 2.05) is 24.3 Å². The van der Waals surface area contributed by atoms with Crippen LogP contribution in [0.5, 0.6) is 5.75 Å². The summed E-state index contributed by atoms with van der Waals surface area (Å²) >= 11 is 5.00. The number of ether oxygens (including phenoxy) is 2. The second kappa shape index (κ2) is 6.98. The van der Waals surface area contributed by atoms with E-state index in [0.29, 0.717) is 24.6 Å². The summed E-state index contributed by atoms with van der Waals surface area (Å²) in [5.74, 6) is 0.732. The SMILES string of the molecule is OCCOCCOc1ccc(-n2[nH]nnc2=S)cc1. The van der Waals surface area contributed by atoms with Crippen molar-refractivity contribution in [2.75, 3.05) is 26.4 Å². The molecule has 1 aromatic carbocycles. The van der Waals surface area contributed by atoms with Crippen molar-refractivity contribution < 1.29 is 14.6 Å². The van der Waals surface area contributed by atoms with Crippen molar-refractivity contribution in [1.82, 2.24) is 20.2 Å². The molecule has 19 heavy (non-hydrogen) atoms. The molecule has 0 aliphatic rings. The third-order valence-electron chi connectivity index (χ3n) is 2.30. The number of aromatic nitrogens is 4. The van der Waals surface area contributed by atoms with Gasteiger partial charge in [0.05, 0.1) is 25.5 Å². The smallest absolute Gasteiger partial charge is 0.242 e. The molecule has 0 radical (unpaired) electrons. The molecule has 0 saturated carbocycles. The Balaban J connectivity index is 1.88. The zero-order chi connectivity index (χ0) is 13.5. The fraction of sp³-hybridized carbons (Fsp3) is 0.364. The Bertz CT molecular complexity index is 552. The number of hydrogen-bond donors (Lipinski definition) is 2. The monoisotopic (exact) mass is 282 g/mol. The lowest BCUT2D eigenvalue weighted by molar-refractivity contribution is 0.0705. The first-order chi connectivity index (χ1) is 9.31. The zero-order valence-corrected chi connectivity index (χ0v) is 11.0. The van der Waals surface area contributed by atoms with E-state index >= 15 is 0 Å². The maximum Gasteiger partial charge on any atom is 0.242 e. The molecule has 0 aliphatic carbocycles. The van der Waals surface area contributed by atoms with Gasteiger partial charge in [-0.05, 0) is 36.5 Å². The first kappa shape index (κ1) is 13.7. The highest BCUT2D eigenvalue weighted by Gasteiger charge is 2.00. The molecule has 7 nitrogen and oxygen atoms in total. The maximum atomic E-state index is 8.54. The Morgan fingerprint density at radius 1 is 1.21 bits per heavy atom. The minimum absolute atomic E-state index is 0.0214. The topological polar surface area (TPSA) is 85.2 Å². The van der Waals surface area contributed by atoms with E-state index in [1.165, 1.54) is 0 Å². The standard InChI is InChI=1S/C11H14N4O3S/c16-5-6-17-7-8-18-10-3-1-9(2-4-10)15-11(19)12-13-14-15/h1-4,16H,5-8H2,(H,12,14,19). The minimum atomic E-state index is 0.0214. The number of aliphatic hydroxyl groups is 1. The van der Waals surface area contributed by atoms with Crippen LogP contribution in [0, 0.1) is 4.77 Å². The molecule has 0 atom stereocenters. The number of nitrogens with one attached hydrogen (secondary N) is 1. The van der Waals surface area contributed by atoms with Crippen LogP contribution < -0.4 is 4.74 Å². The molecule has 0 unspecified atom stereocenters. The van der Waals surface area contributed by atoms with Gasteiger partial charge >= 0.3 is 0 Å². The van der Waals surface area contributed by atoms with Crippen molar-refractivity contribution in [3.63, 3.8) is 0 Å². The third kappa shape index (κ3) is 3.85. The zero-order valence-electron chi connectivity index (χ0n) is 10.2. The predicted octanol–water partition coefficient (Wildman–Crippen LogP) is 0.713. The maximum absolute atomic E-state index is 8.54. The molecule has 102 valence electrons. The summed E-state index contributed by atoms with van der Waals surface area (Å²) in [4.78, 5) is 0. The lowest BCUT2D eigenvalue weighted by Crippen LogP contribution is -2.09. The van der Waals surface area contributed by atoms with Gasteiger partial charge in [0.15, 0.2) is 0 Å². The molecule has 0 fully saturated rings. The fourth-order valence-electron chi connectivity index (χ4n) is 1.44. The Labute approximate surface area is 114 Å². The number of rotatable bonds is 7. The Morgan fingerprint density at radius 2 is 2.00 bits per heavy atom. The van der Waals surface area contributed by atoms with Gasteiger partial charge < -0.3 is 14.6 Å². The van der Waals surface area contributed by atoms with Crippen LogP contribution in [0.3, 0.4) is 0 Å². The van der Waals surface area contributed by atoms with Crippen molar-refractivity contribution in [2.45, 2.75) is 0 Å². The Morgan fingerprint density at radius 3 is 2.63 bits per heavy atom. The number of aliphatic hydroxyl groups excluding tert-OH is 1. The second-order valence-electron chi connectivity index (χ2n) is 3.60. The number of nitrogens with zero attached hydrogens (tertiary/aromatic N) is 3. The van der Waals surface area contributed by atoms with Gasteiger partial charge in [0.2, 0.25) is 4.77 Å². The first-order valence-electron chi connectivity index (χ1n) is 5.73. The molecular weight excluding hydrogens is 268 g/mol. The van der Waals surface area contributed by atoms with E-state index < -0.39 is 0 Å². The van der Waals surface area contributed by atoms with Crippen LogP contribution in [0.25, 0.3) is 5.69 Å².